The third-order valence-corrected chi connectivity index (χ3v) is 6.97. The highest BCUT2D eigenvalue weighted by Gasteiger charge is 2.35. The summed E-state index contributed by atoms with van der Waals surface area (Å²) in [6.07, 6.45) is 4.97. The number of benzene rings is 2. The topological polar surface area (TPSA) is 61.9 Å². The second kappa shape index (κ2) is 10.4. The SMILES string of the molecule is CCC1CC(NC(=O)OC)c2cc(-c3ccc(CN4CCCCC4)cc3)ccc2N1C(C)=O. The number of alkyl carbamates (subject to hydrolysis) is 1. The van der Waals surface area contributed by atoms with Crippen molar-refractivity contribution >= 4 is 17.7 Å². The fourth-order valence-electron chi connectivity index (χ4n) is 5.23. The van der Waals surface area contributed by atoms with E-state index in [9.17, 15) is 9.59 Å². The predicted molar refractivity (Wildman–Crippen MR) is 131 cm³/mol. The van der Waals surface area contributed by atoms with E-state index >= 15 is 0 Å². The average molecular weight is 450 g/mol. The summed E-state index contributed by atoms with van der Waals surface area (Å²) >= 11 is 0. The van der Waals surface area contributed by atoms with Crippen LogP contribution in [0.3, 0.4) is 0 Å². The molecule has 33 heavy (non-hydrogen) atoms. The van der Waals surface area contributed by atoms with E-state index in [-0.39, 0.29) is 18.0 Å². The van der Waals surface area contributed by atoms with Gasteiger partial charge in [0.15, 0.2) is 0 Å². The van der Waals surface area contributed by atoms with Crippen molar-refractivity contribution in [1.82, 2.24) is 10.2 Å². The number of fused-ring (bicyclic) bond motifs is 1. The minimum atomic E-state index is -0.454. The van der Waals surface area contributed by atoms with E-state index in [2.05, 4.69) is 53.5 Å². The van der Waals surface area contributed by atoms with Crippen LogP contribution in [0.1, 0.15) is 63.1 Å². The van der Waals surface area contributed by atoms with Crippen LogP contribution in [0.15, 0.2) is 42.5 Å². The van der Waals surface area contributed by atoms with Gasteiger partial charge in [-0.2, -0.15) is 0 Å². The van der Waals surface area contributed by atoms with Crippen LogP contribution >= 0.6 is 0 Å². The van der Waals surface area contributed by atoms with Gasteiger partial charge in [0.1, 0.15) is 0 Å². The summed E-state index contributed by atoms with van der Waals surface area (Å²) in [7, 11) is 1.38. The lowest BCUT2D eigenvalue weighted by Gasteiger charge is -2.40. The molecule has 1 fully saturated rings. The van der Waals surface area contributed by atoms with Gasteiger partial charge in [0.05, 0.1) is 13.2 Å². The first-order valence-corrected chi connectivity index (χ1v) is 12.1. The molecular weight excluding hydrogens is 414 g/mol. The minimum Gasteiger partial charge on any atom is -0.453 e. The quantitative estimate of drug-likeness (QED) is 0.675. The number of rotatable bonds is 5. The van der Waals surface area contributed by atoms with E-state index in [1.807, 2.05) is 11.0 Å². The molecule has 0 saturated carbocycles. The Hall–Kier alpha value is -2.86. The molecule has 2 aromatic carbocycles. The second-order valence-corrected chi connectivity index (χ2v) is 9.18. The van der Waals surface area contributed by atoms with Crippen LogP contribution in [0.5, 0.6) is 0 Å². The number of anilines is 1. The summed E-state index contributed by atoms with van der Waals surface area (Å²) in [6, 6.07) is 14.8. The summed E-state index contributed by atoms with van der Waals surface area (Å²) in [6.45, 7) is 7.05. The molecule has 2 heterocycles. The Labute approximate surface area is 196 Å². The molecule has 2 atom stereocenters. The van der Waals surface area contributed by atoms with Crippen LogP contribution in [-0.4, -0.2) is 43.1 Å². The molecule has 1 N–H and O–H groups in total. The van der Waals surface area contributed by atoms with Crippen LogP contribution in [0, 0.1) is 0 Å². The fourth-order valence-corrected chi connectivity index (χ4v) is 5.23. The van der Waals surface area contributed by atoms with Crippen molar-refractivity contribution in [3.8, 4) is 11.1 Å². The maximum atomic E-state index is 12.5. The van der Waals surface area contributed by atoms with E-state index in [4.69, 9.17) is 4.74 Å². The molecule has 1 saturated heterocycles. The third kappa shape index (κ3) is 5.22. The molecule has 0 bridgehead atoms. The molecule has 0 aliphatic carbocycles. The fraction of sp³-hybridized carbons (Fsp3) is 0.481. The Bertz CT molecular complexity index is 983. The second-order valence-electron chi connectivity index (χ2n) is 9.18. The van der Waals surface area contributed by atoms with E-state index < -0.39 is 6.09 Å². The zero-order chi connectivity index (χ0) is 23.4. The van der Waals surface area contributed by atoms with Crippen molar-refractivity contribution in [3.63, 3.8) is 0 Å². The molecule has 0 spiro atoms. The number of carbonyl (C=O) groups excluding carboxylic acids is 2. The highest BCUT2D eigenvalue weighted by atomic mass is 16.5. The number of hydrogen-bond donors (Lipinski definition) is 1. The largest absolute Gasteiger partial charge is 0.453 e. The lowest BCUT2D eigenvalue weighted by molar-refractivity contribution is -0.117. The molecule has 2 aliphatic rings. The normalized spacial score (nSPS) is 20.8. The third-order valence-electron chi connectivity index (χ3n) is 6.97. The first-order valence-electron chi connectivity index (χ1n) is 12.1. The van der Waals surface area contributed by atoms with Crippen molar-refractivity contribution in [3.05, 3.63) is 53.6 Å². The van der Waals surface area contributed by atoms with Gasteiger partial charge in [-0.15, -0.1) is 0 Å². The monoisotopic (exact) mass is 449 g/mol. The van der Waals surface area contributed by atoms with Gasteiger partial charge in [0, 0.05) is 25.2 Å². The Kier molecular flexibility index (Phi) is 7.33. The summed E-state index contributed by atoms with van der Waals surface area (Å²) in [5.74, 6) is 0.0226. The lowest BCUT2D eigenvalue weighted by atomic mass is 9.87. The number of carbonyl (C=O) groups is 2. The smallest absolute Gasteiger partial charge is 0.407 e. The number of likely N-dealkylation sites (tertiary alicyclic amines) is 1. The summed E-state index contributed by atoms with van der Waals surface area (Å²) in [4.78, 5) is 28.9. The van der Waals surface area contributed by atoms with Crippen molar-refractivity contribution < 1.29 is 14.3 Å². The number of hydrogen-bond acceptors (Lipinski definition) is 4. The molecule has 2 aliphatic heterocycles. The maximum Gasteiger partial charge on any atom is 0.407 e. The standard InChI is InChI=1S/C27H35N3O3/c1-4-23-17-25(28-27(32)33-3)24-16-22(12-13-26(24)30(23)19(2)31)21-10-8-20(9-11-21)18-29-14-6-5-7-15-29/h8-13,16,23,25H,4-7,14-15,17-18H2,1-3H3,(H,28,32). The summed E-state index contributed by atoms with van der Waals surface area (Å²) in [5.41, 5.74) is 5.36. The van der Waals surface area contributed by atoms with Crippen molar-refractivity contribution in [1.29, 1.82) is 0 Å². The lowest BCUT2D eigenvalue weighted by Crippen LogP contribution is -2.46. The number of ether oxygens (including phenoxy) is 1. The molecule has 0 radical (unpaired) electrons. The van der Waals surface area contributed by atoms with Gasteiger partial charge < -0.3 is 15.0 Å². The molecule has 2 aromatic rings. The van der Waals surface area contributed by atoms with Crippen LogP contribution in [0.4, 0.5) is 10.5 Å². The Morgan fingerprint density at radius 2 is 1.73 bits per heavy atom. The predicted octanol–water partition coefficient (Wildman–Crippen LogP) is 5.27. The molecule has 176 valence electrons. The maximum absolute atomic E-state index is 12.5. The highest BCUT2D eigenvalue weighted by molar-refractivity contribution is 5.94. The number of nitrogens with one attached hydrogen (secondary N) is 1. The van der Waals surface area contributed by atoms with Crippen LogP contribution in [0.25, 0.3) is 11.1 Å². The van der Waals surface area contributed by atoms with E-state index in [1.165, 1.54) is 45.0 Å². The molecule has 4 rings (SSSR count). The Morgan fingerprint density at radius 3 is 2.36 bits per heavy atom. The first kappa shape index (κ1) is 23.3. The van der Waals surface area contributed by atoms with Crippen molar-refractivity contribution in [2.24, 2.45) is 0 Å². The molecule has 2 unspecified atom stereocenters. The number of piperidine rings is 1. The van der Waals surface area contributed by atoms with E-state index in [0.717, 1.165) is 35.3 Å². The van der Waals surface area contributed by atoms with Gasteiger partial charge in [-0.25, -0.2) is 4.79 Å². The van der Waals surface area contributed by atoms with Gasteiger partial charge in [0.2, 0.25) is 5.91 Å². The zero-order valence-corrected chi connectivity index (χ0v) is 20.0. The first-order chi connectivity index (χ1) is 16.0. The summed E-state index contributed by atoms with van der Waals surface area (Å²) in [5, 5.41) is 2.98. The number of amides is 2. The van der Waals surface area contributed by atoms with Gasteiger partial charge >= 0.3 is 6.09 Å². The Morgan fingerprint density at radius 1 is 1.03 bits per heavy atom. The van der Waals surface area contributed by atoms with Crippen LogP contribution in [-0.2, 0) is 16.1 Å². The van der Waals surface area contributed by atoms with Crippen LogP contribution in [0.2, 0.25) is 0 Å². The van der Waals surface area contributed by atoms with Crippen LogP contribution < -0.4 is 10.2 Å². The molecular formula is C27H35N3O3. The highest BCUT2D eigenvalue weighted by Crippen LogP contribution is 2.40. The van der Waals surface area contributed by atoms with Gasteiger partial charge in [0.25, 0.3) is 0 Å². The minimum absolute atomic E-state index is 0.0226. The van der Waals surface area contributed by atoms with E-state index in [0.29, 0.717) is 6.42 Å². The summed E-state index contributed by atoms with van der Waals surface area (Å²) < 4.78 is 4.87. The molecule has 2 amide bonds. The van der Waals surface area contributed by atoms with Crippen molar-refractivity contribution in [2.75, 3.05) is 25.1 Å². The molecule has 0 aromatic heterocycles. The van der Waals surface area contributed by atoms with E-state index in [1.54, 1.807) is 6.92 Å². The van der Waals surface area contributed by atoms with Crippen molar-refractivity contribution in [2.45, 2.75) is 64.6 Å². The molecule has 6 nitrogen and oxygen atoms in total. The number of nitrogens with zero attached hydrogens (tertiary/aromatic N) is 2. The average Bonchev–Trinajstić information content (AvgIpc) is 2.84. The van der Waals surface area contributed by atoms with Gasteiger partial charge in [-0.1, -0.05) is 43.7 Å². The van der Waals surface area contributed by atoms with Gasteiger partial charge in [-0.05, 0) is 73.2 Å². The number of methoxy groups -OCH3 is 1. The molecule has 6 heteroatoms. The Balaban J connectivity index is 1.62. The zero-order valence-electron chi connectivity index (χ0n) is 20.0. The van der Waals surface area contributed by atoms with Gasteiger partial charge in [-0.3, -0.25) is 9.69 Å².